The SMILES string of the molecule is CCCCCc1ccc(C(C)(c2ccc(O)cc2)c2ccc(O)cc2)cc1. The Morgan fingerprint density at radius 2 is 1.04 bits per heavy atom. The molecular formula is C25H28O2. The lowest BCUT2D eigenvalue weighted by Crippen LogP contribution is -2.25. The van der Waals surface area contributed by atoms with Gasteiger partial charge in [-0.1, -0.05) is 68.3 Å². The van der Waals surface area contributed by atoms with Gasteiger partial charge in [-0.2, -0.15) is 0 Å². The molecule has 3 aromatic carbocycles. The third-order valence-electron chi connectivity index (χ3n) is 5.49. The maximum absolute atomic E-state index is 9.71. The summed E-state index contributed by atoms with van der Waals surface area (Å²) in [6.07, 6.45) is 4.84. The predicted octanol–water partition coefficient (Wildman–Crippen LogP) is 6.18. The second-order valence-electron chi connectivity index (χ2n) is 7.37. The number of hydrogen-bond donors (Lipinski definition) is 2. The molecule has 0 amide bonds. The molecule has 0 aliphatic rings. The first kappa shape index (κ1) is 19.0. The Hall–Kier alpha value is -2.74. The van der Waals surface area contributed by atoms with E-state index in [0.29, 0.717) is 0 Å². The minimum atomic E-state index is -0.372. The highest BCUT2D eigenvalue weighted by Gasteiger charge is 2.31. The third-order valence-corrected chi connectivity index (χ3v) is 5.49. The maximum atomic E-state index is 9.71. The Labute approximate surface area is 162 Å². The van der Waals surface area contributed by atoms with Gasteiger partial charge in [-0.25, -0.2) is 0 Å². The van der Waals surface area contributed by atoms with Crippen molar-refractivity contribution in [1.82, 2.24) is 0 Å². The van der Waals surface area contributed by atoms with Crippen molar-refractivity contribution < 1.29 is 10.2 Å². The van der Waals surface area contributed by atoms with E-state index in [1.54, 1.807) is 24.3 Å². The first-order chi connectivity index (χ1) is 13.0. The van der Waals surface area contributed by atoms with E-state index in [1.807, 2.05) is 24.3 Å². The summed E-state index contributed by atoms with van der Waals surface area (Å²) >= 11 is 0. The first-order valence-electron chi connectivity index (χ1n) is 9.72. The summed E-state index contributed by atoms with van der Waals surface area (Å²) < 4.78 is 0. The van der Waals surface area contributed by atoms with Gasteiger partial charge in [0.15, 0.2) is 0 Å². The number of phenolic OH excluding ortho intramolecular Hbond substituents is 2. The van der Waals surface area contributed by atoms with Gasteiger partial charge in [-0.15, -0.1) is 0 Å². The average molecular weight is 360 g/mol. The molecule has 140 valence electrons. The van der Waals surface area contributed by atoms with Crippen molar-refractivity contribution in [3.8, 4) is 11.5 Å². The summed E-state index contributed by atoms with van der Waals surface area (Å²) in [7, 11) is 0. The summed E-state index contributed by atoms with van der Waals surface area (Å²) in [4.78, 5) is 0. The van der Waals surface area contributed by atoms with E-state index in [2.05, 4.69) is 38.1 Å². The molecule has 0 fully saturated rings. The number of rotatable bonds is 7. The molecule has 0 bridgehead atoms. The van der Waals surface area contributed by atoms with Crippen LogP contribution in [0.2, 0.25) is 0 Å². The van der Waals surface area contributed by atoms with E-state index in [0.717, 1.165) is 17.5 Å². The van der Waals surface area contributed by atoms with Crippen LogP contribution < -0.4 is 0 Å². The Kier molecular flexibility index (Phi) is 5.85. The van der Waals surface area contributed by atoms with Gasteiger partial charge in [0.05, 0.1) is 0 Å². The lowest BCUT2D eigenvalue weighted by Gasteiger charge is -2.32. The topological polar surface area (TPSA) is 40.5 Å². The standard InChI is InChI=1S/C25H28O2/c1-3-4-5-6-19-7-9-20(10-8-19)25(2,21-11-15-23(26)16-12-21)22-13-17-24(27)18-14-22/h7-18,26-27H,3-6H2,1-2H3. The zero-order valence-electron chi connectivity index (χ0n) is 16.2. The van der Waals surface area contributed by atoms with Crippen molar-refractivity contribution in [3.05, 3.63) is 95.1 Å². The maximum Gasteiger partial charge on any atom is 0.115 e. The third kappa shape index (κ3) is 4.16. The van der Waals surface area contributed by atoms with Crippen LogP contribution in [-0.4, -0.2) is 10.2 Å². The molecule has 2 nitrogen and oxygen atoms in total. The molecule has 27 heavy (non-hydrogen) atoms. The van der Waals surface area contributed by atoms with Gasteiger partial charge in [0.2, 0.25) is 0 Å². The van der Waals surface area contributed by atoms with Crippen LogP contribution in [0, 0.1) is 0 Å². The van der Waals surface area contributed by atoms with Crippen molar-refractivity contribution in [3.63, 3.8) is 0 Å². The molecule has 3 aromatic rings. The van der Waals surface area contributed by atoms with E-state index < -0.39 is 0 Å². The van der Waals surface area contributed by atoms with Crippen LogP contribution in [0.1, 0.15) is 55.4 Å². The second kappa shape index (κ2) is 8.30. The fourth-order valence-corrected chi connectivity index (χ4v) is 3.67. The Balaban J connectivity index is 2.02. The number of unbranched alkanes of at least 4 members (excludes halogenated alkanes) is 2. The van der Waals surface area contributed by atoms with E-state index in [9.17, 15) is 10.2 Å². The van der Waals surface area contributed by atoms with E-state index in [-0.39, 0.29) is 16.9 Å². The predicted molar refractivity (Wildman–Crippen MR) is 111 cm³/mol. The van der Waals surface area contributed by atoms with Gasteiger partial charge in [0.1, 0.15) is 11.5 Å². The highest BCUT2D eigenvalue weighted by atomic mass is 16.3. The smallest absolute Gasteiger partial charge is 0.115 e. The number of phenols is 2. The van der Waals surface area contributed by atoms with Crippen molar-refractivity contribution in [2.45, 2.75) is 44.9 Å². The molecule has 0 aromatic heterocycles. The number of aromatic hydroxyl groups is 2. The summed E-state index contributed by atoms with van der Waals surface area (Å²) in [6.45, 7) is 4.42. The average Bonchev–Trinajstić information content (AvgIpc) is 2.69. The summed E-state index contributed by atoms with van der Waals surface area (Å²) in [5, 5.41) is 19.4. The van der Waals surface area contributed by atoms with Crippen LogP contribution in [0.5, 0.6) is 11.5 Å². The molecule has 0 aliphatic heterocycles. The van der Waals surface area contributed by atoms with Crippen molar-refractivity contribution >= 4 is 0 Å². The zero-order valence-corrected chi connectivity index (χ0v) is 16.2. The fourth-order valence-electron chi connectivity index (χ4n) is 3.67. The second-order valence-corrected chi connectivity index (χ2v) is 7.37. The molecule has 0 saturated carbocycles. The van der Waals surface area contributed by atoms with Gasteiger partial charge in [0.25, 0.3) is 0 Å². The minimum Gasteiger partial charge on any atom is -0.508 e. The molecule has 3 rings (SSSR count). The lowest BCUT2D eigenvalue weighted by molar-refractivity contribution is 0.474. The van der Waals surface area contributed by atoms with Crippen LogP contribution in [0.4, 0.5) is 0 Å². The number of hydrogen-bond acceptors (Lipinski definition) is 2. The molecule has 0 spiro atoms. The van der Waals surface area contributed by atoms with Crippen LogP contribution in [0.3, 0.4) is 0 Å². The molecule has 0 atom stereocenters. The largest absolute Gasteiger partial charge is 0.508 e. The van der Waals surface area contributed by atoms with Crippen LogP contribution in [0.15, 0.2) is 72.8 Å². The van der Waals surface area contributed by atoms with E-state index in [4.69, 9.17) is 0 Å². The van der Waals surface area contributed by atoms with Crippen LogP contribution >= 0.6 is 0 Å². The van der Waals surface area contributed by atoms with Crippen LogP contribution in [0.25, 0.3) is 0 Å². The quantitative estimate of drug-likeness (QED) is 0.390. The van der Waals surface area contributed by atoms with Crippen molar-refractivity contribution in [2.24, 2.45) is 0 Å². The Morgan fingerprint density at radius 3 is 1.44 bits per heavy atom. The first-order valence-corrected chi connectivity index (χ1v) is 9.72. The molecule has 0 unspecified atom stereocenters. The van der Waals surface area contributed by atoms with Gasteiger partial charge < -0.3 is 10.2 Å². The molecule has 0 heterocycles. The van der Waals surface area contributed by atoms with Crippen molar-refractivity contribution in [1.29, 1.82) is 0 Å². The molecule has 0 saturated heterocycles. The summed E-state index contributed by atoms with van der Waals surface area (Å²) in [5.41, 5.74) is 4.39. The summed E-state index contributed by atoms with van der Waals surface area (Å²) in [6, 6.07) is 23.7. The lowest BCUT2D eigenvalue weighted by atomic mass is 9.71. The molecule has 2 heteroatoms. The molecule has 0 radical (unpaired) electrons. The zero-order chi connectivity index (χ0) is 19.3. The Bertz CT molecular complexity index is 801. The molecular weight excluding hydrogens is 332 g/mol. The van der Waals surface area contributed by atoms with Crippen LogP contribution in [-0.2, 0) is 11.8 Å². The molecule has 0 aliphatic carbocycles. The number of benzene rings is 3. The monoisotopic (exact) mass is 360 g/mol. The molecule has 2 N–H and O–H groups in total. The van der Waals surface area contributed by atoms with Gasteiger partial charge in [-0.05, 0) is 66.3 Å². The highest BCUT2D eigenvalue weighted by molar-refractivity contribution is 5.51. The number of aryl methyl sites for hydroxylation is 1. The summed E-state index contributed by atoms with van der Waals surface area (Å²) in [5.74, 6) is 0.524. The Morgan fingerprint density at radius 1 is 0.630 bits per heavy atom. The van der Waals surface area contributed by atoms with Gasteiger partial charge in [0, 0.05) is 5.41 Å². The van der Waals surface area contributed by atoms with E-state index >= 15 is 0 Å². The minimum absolute atomic E-state index is 0.262. The normalized spacial score (nSPS) is 11.5. The van der Waals surface area contributed by atoms with Gasteiger partial charge in [-0.3, -0.25) is 0 Å². The van der Waals surface area contributed by atoms with Gasteiger partial charge >= 0.3 is 0 Å². The van der Waals surface area contributed by atoms with E-state index in [1.165, 1.54) is 30.4 Å². The van der Waals surface area contributed by atoms with Crippen molar-refractivity contribution in [2.75, 3.05) is 0 Å². The fraction of sp³-hybridized carbons (Fsp3) is 0.280. The highest BCUT2D eigenvalue weighted by Crippen LogP contribution is 2.40.